The van der Waals surface area contributed by atoms with Gasteiger partial charge in [0, 0.05) is 12.6 Å². The van der Waals surface area contributed by atoms with Gasteiger partial charge in [0.15, 0.2) is 11.5 Å². The average Bonchev–Trinajstić information content (AvgIpc) is 2.49. The minimum Gasteiger partial charge on any atom is -0.493 e. The summed E-state index contributed by atoms with van der Waals surface area (Å²) in [6, 6.07) is 6.37. The summed E-state index contributed by atoms with van der Waals surface area (Å²) >= 11 is 0. The summed E-state index contributed by atoms with van der Waals surface area (Å²) in [7, 11) is 3.32. The molecule has 106 valence electrons. The second kappa shape index (κ2) is 6.78. The van der Waals surface area contributed by atoms with Crippen molar-refractivity contribution in [2.75, 3.05) is 33.9 Å². The van der Waals surface area contributed by atoms with Crippen LogP contribution in [0.5, 0.6) is 11.5 Å². The number of ether oxygens (including phenoxy) is 2. The molecule has 1 fully saturated rings. The largest absolute Gasteiger partial charge is 0.493 e. The fourth-order valence-corrected chi connectivity index (χ4v) is 2.79. The quantitative estimate of drug-likeness (QED) is 0.885. The SMILES string of the molecule is COc1ccc(C(CN)N2CCCCC2)cc1OC. The zero-order chi connectivity index (χ0) is 13.7. The van der Waals surface area contributed by atoms with E-state index < -0.39 is 0 Å². The lowest BCUT2D eigenvalue weighted by Gasteiger charge is -2.34. The first-order chi connectivity index (χ1) is 9.30. The molecule has 19 heavy (non-hydrogen) atoms. The van der Waals surface area contributed by atoms with Crippen molar-refractivity contribution in [2.45, 2.75) is 25.3 Å². The van der Waals surface area contributed by atoms with Gasteiger partial charge in [-0.1, -0.05) is 12.5 Å². The van der Waals surface area contributed by atoms with E-state index >= 15 is 0 Å². The molecule has 1 unspecified atom stereocenters. The standard InChI is InChI=1S/C15H24N2O2/c1-18-14-7-6-12(10-15(14)19-2)13(11-16)17-8-4-3-5-9-17/h6-7,10,13H,3-5,8-9,11,16H2,1-2H3. The summed E-state index contributed by atoms with van der Waals surface area (Å²) in [6.07, 6.45) is 3.87. The van der Waals surface area contributed by atoms with Gasteiger partial charge in [-0.2, -0.15) is 0 Å². The van der Waals surface area contributed by atoms with Crippen molar-refractivity contribution in [3.8, 4) is 11.5 Å². The van der Waals surface area contributed by atoms with Gasteiger partial charge in [0.25, 0.3) is 0 Å². The molecule has 0 saturated carbocycles. The molecule has 0 aromatic heterocycles. The highest BCUT2D eigenvalue weighted by Crippen LogP contribution is 2.32. The van der Waals surface area contributed by atoms with Crippen molar-refractivity contribution in [1.29, 1.82) is 0 Å². The molecule has 0 amide bonds. The van der Waals surface area contributed by atoms with Gasteiger partial charge in [-0.25, -0.2) is 0 Å². The topological polar surface area (TPSA) is 47.7 Å². The van der Waals surface area contributed by atoms with E-state index in [4.69, 9.17) is 15.2 Å². The highest BCUT2D eigenvalue weighted by atomic mass is 16.5. The van der Waals surface area contributed by atoms with Gasteiger partial charge in [0.05, 0.1) is 14.2 Å². The fraction of sp³-hybridized carbons (Fsp3) is 0.600. The molecule has 0 aliphatic carbocycles. The van der Waals surface area contributed by atoms with Crippen LogP contribution in [0.1, 0.15) is 30.9 Å². The molecular formula is C15H24N2O2. The maximum atomic E-state index is 5.98. The molecule has 1 aliphatic heterocycles. The van der Waals surface area contributed by atoms with Gasteiger partial charge < -0.3 is 15.2 Å². The predicted molar refractivity (Wildman–Crippen MR) is 76.8 cm³/mol. The Morgan fingerprint density at radius 1 is 1.11 bits per heavy atom. The van der Waals surface area contributed by atoms with Crippen LogP contribution >= 0.6 is 0 Å². The predicted octanol–water partition coefficient (Wildman–Crippen LogP) is 2.19. The number of nitrogens with zero attached hydrogens (tertiary/aromatic N) is 1. The van der Waals surface area contributed by atoms with Gasteiger partial charge >= 0.3 is 0 Å². The number of hydrogen-bond acceptors (Lipinski definition) is 4. The Labute approximate surface area is 115 Å². The van der Waals surface area contributed by atoms with Gasteiger partial charge in [0.2, 0.25) is 0 Å². The first-order valence-corrected chi connectivity index (χ1v) is 6.96. The third-order valence-electron chi connectivity index (χ3n) is 3.85. The number of nitrogens with two attached hydrogens (primary N) is 1. The minimum atomic E-state index is 0.278. The molecule has 1 aromatic carbocycles. The molecule has 1 heterocycles. The average molecular weight is 264 g/mol. The molecule has 0 radical (unpaired) electrons. The lowest BCUT2D eigenvalue weighted by molar-refractivity contribution is 0.167. The zero-order valence-electron chi connectivity index (χ0n) is 11.9. The summed E-state index contributed by atoms with van der Waals surface area (Å²) in [5, 5.41) is 0. The highest BCUT2D eigenvalue weighted by molar-refractivity contribution is 5.43. The summed E-state index contributed by atoms with van der Waals surface area (Å²) in [4.78, 5) is 2.48. The molecule has 4 nitrogen and oxygen atoms in total. The maximum Gasteiger partial charge on any atom is 0.161 e. The Hall–Kier alpha value is -1.26. The van der Waals surface area contributed by atoms with Crippen LogP contribution in [0, 0.1) is 0 Å². The number of likely N-dealkylation sites (tertiary alicyclic amines) is 1. The van der Waals surface area contributed by atoms with E-state index in [0.29, 0.717) is 6.54 Å². The lowest BCUT2D eigenvalue weighted by atomic mass is 10.0. The van der Waals surface area contributed by atoms with Crippen LogP contribution < -0.4 is 15.2 Å². The van der Waals surface area contributed by atoms with Crippen LogP contribution in [0.2, 0.25) is 0 Å². The van der Waals surface area contributed by atoms with Crippen molar-refractivity contribution in [3.05, 3.63) is 23.8 Å². The molecular weight excluding hydrogens is 240 g/mol. The number of methoxy groups -OCH3 is 2. The molecule has 1 saturated heterocycles. The smallest absolute Gasteiger partial charge is 0.161 e. The van der Waals surface area contributed by atoms with Crippen LogP contribution in [-0.2, 0) is 0 Å². The van der Waals surface area contributed by atoms with E-state index in [0.717, 1.165) is 24.6 Å². The minimum absolute atomic E-state index is 0.278. The summed E-state index contributed by atoms with van der Waals surface area (Å²) in [6.45, 7) is 2.90. The highest BCUT2D eigenvalue weighted by Gasteiger charge is 2.22. The van der Waals surface area contributed by atoms with E-state index in [1.54, 1.807) is 14.2 Å². The summed E-state index contributed by atoms with van der Waals surface area (Å²) in [5.41, 5.74) is 7.19. The zero-order valence-corrected chi connectivity index (χ0v) is 11.9. The van der Waals surface area contributed by atoms with Gasteiger partial charge in [-0.15, -0.1) is 0 Å². The molecule has 2 rings (SSSR count). The number of rotatable bonds is 5. The van der Waals surface area contributed by atoms with Gasteiger partial charge in [-0.3, -0.25) is 4.90 Å². The van der Waals surface area contributed by atoms with Crippen molar-refractivity contribution in [3.63, 3.8) is 0 Å². The van der Waals surface area contributed by atoms with Crippen molar-refractivity contribution in [2.24, 2.45) is 5.73 Å². The lowest BCUT2D eigenvalue weighted by Crippen LogP contribution is -2.37. The van der Waals surface area contributed by atoms with E-state index in [-0.39, 0.29) is 6.04 Å². The second-order valence-electron chi connectivity index (χ2n) is 4.96. The van der Waals surface area contributed by atoms with Crippen LogP contribution in [0.3, 0.4) is 0 Å². The van der Waals surface area contributed by atoms with E-state index in [9.17, 15) is 0 Å². The maximum absolute atomic E-state index is 5.98. The number of hydrogen-bond donors (Lipinski definition) is 1. The first-order valence-electron chi connectivity index (χ1n) is 6.96. The van der Waals surface area contributed by atoms with Crippen molar-refractivity contribution in [1.82, 2.24) is 4.90 Å². The molecule has 1 atom stereocenters. The van der Waals surface area contributed by atoms with Crippen molar-refractivity contribution < 1.29 is 9.47 Å². The van der Waals surface area contributed by atoms with Crippen LogP contribution in [0.25, 0.3) is 0 Å². The Balaban J connectivity index is 2.22. The van der Waals surface area contributed by atoms with E-state index in [2.05, 4.69) is 11.0 Å². The normalized spacial score (nSPS) is 18.1. The Morgan fingerprint density at radius 2 is 1.79 bits per heavy atom. The van der Waals surface area contributed by atoms with Crippen molar-refractivity contribution >= 4 is 0 Å². The van der Waals surface area contributed by atoms with Gasteiger partial charge in [0.1, 0.15) is 0 Å². The third kappa shape index (κ3) is 3.19. The van der Waals surface area contributed by atoms with Gasteiger partial charge in [-0.05, 0) is 43.6 Å². The summed E-state index contributed by atoms with van der Waals surface area (Å²) in [5.74, 6) is 1.54. The Bertz CT molecular complexity index is 403. The van der Waals surface area contributed by atoms with Crippen LogP contribution in [0.4, 0.5) is 0 Å². The molecule has 1 aromatic rings. The first kappa shape index (κ1) is 14.2. The molecule has 4 heteroatoms. The third-order valence-corrected chi connectivity index (χ3v) is 3.85. The number of piperidine rings is 1. The van der Waals surface area contributed by atoms with E-state index in [1.807, 2.05) is 12.1 Å². The van der Waals surface area contributed by atoms with Crippen LogP contribution in [-0.4, -0.2) is 38.8 Å². The molecule has 0 bridgehead atoms. The monoisotopic (exact) mass is 264 g/mol. The van der Waals surface area contributed by atoms with Crippen LogP contribution in [0.15, 0.2) is 18.2 Å². The second-order valence-corrected chi connectivity index (χ2v) is 4.96. The molecule has 1 aliphatic rings. The Kier molecular flexibility index (Phi) is 5.05. The van der Waals surface area contributed by atoms with E-state index in [1.165, 1.54) is 24.8 Å². The summed E-state index contributed by atoms with van der Waals surface area (Å²) < 4.78 is 10.7. The molecule has 2 N–H and O–H groups in total. The molecule has 0 spiro atoms. The Morgan fingerprint density at radius 3 is 2.37 bits per heavy atom. The number of benzene rings is 1. The fourth-order valence-electron chi connectivity index (χ4n) is 2.79.